The normalized spacial score (nSPS) is 10.0. The lowest BCUT2D eigenvalue weighted by molar-refractivity contribution is 0.102. The van der Waals surface area contributed by atoms with E-state index in [0.29, 0.717) is 10.0 Å². The van der Waals surface area contributed by atoms with Crippen molar-refractivity contribution >= 4 is 27.5 Å². The number of benzene rings is 2. The van der Waals surface area contributed by atoms with E-state index in [9.17, 15) is 9.18 Å². The summed E-state index contributed by atoms with van der Waals surface area (Å²) in [4.78, 5) is 11.8. The molecule has 0 aromatic heterocycles. The summed E-state index contributed by atoms with van der Waals surface area (Å²) in [6.45, 7) is 0. The molecule has 0 aliphatic rings. The van der Waals surface area contributed by atoms with Gasteiger partial charge in [0.2, 0.25) is 0 Å². The molecule has 0 aliphatic carbocycles. The molecule has 17 heavy (non-hydrogen) atoms. The highest BCUT2D eigenvalue weighted by molar-refractivity contribution is 9.10. The highest BCUT2D eigenvalue weighted by Gasteiger charge is 2.08. The van der Waals surface area contributed by atoms with E-state index >= 15 is 0 Å². The number of halogens is 2. The molecule has 0 fully saturated rings. The van der Waals surface area contributed by atoms with Gasteiger partial charge in [0.05, 0.1) is 5.69 Å². The number of carbonyl (C=O) groups excluding carboxylic acids is 1. The summed E-state index contributed by atoms with van der Waals surface area (Å²) in [7, 11) is 0. The standard InChI is InChI=1S/C13H9BrFNO/c14-10-6-7-11(15)12(8-10)16-13(17)9-4-2-1-3-5-9/h1-8H,(H,16,17). The molecule has 0 aliphatic heterocycles. The van der Waals surface area contributed by atoms with Crippen molar-refractivity contribution in [2.45, 2.75) is 0 Å². The molecular formula is C13H9BrFNO. The Kier molecular flexibility index (Phi) is 3.54. The Balaban J connectivity index is 2.22. The highest BCUT2D eigenvalue weighted by atomic mass is 79.9. The van der Waals surface area contributed by atoms with Crippen LogP contribution in [-0.4, -0.2) is 5.91 Å². The van der Waals surface area contributed by atoms with Gasteiger partial charge in [0, 0.05) is 10.0 Å². The van der Waals surface area contributed by atoms with Crippen molar-refractivity contribution < 1.29 is 9.18 Å². The molecule has 2 nitrogen and oxygen atoms in total. The first kappa shape index (κ1) is 11.8. The zero-order valence-corrected chi connectivity index (χ0v) is 10.4. The number of hydrogen-bond acceptors (Lipinski definition) is 1. The van der Waals surface area contributed by atoms with Gasteiger partial charge in [0.1, 0.15) is 5.82 Å². The van der Waals surface area contributed by atoms with Crippen molar-refractivity contribution in [1.82, 2.24) is 0 Å². The molecule has 0 spiro atoms. The third-order valence-electron chi connectivity index (χ3n) is 2.21. The molecule has 2 aromatic rings. The topological polar surface area (TPSA) is 29.1 Å². The molecule has 0 bridgehead atoms. The van der Waals surface area contributed by atoms with Crippen LogP contribution in [0.3, 0.4) is 0 Å². The SMILES string of the molecule is O=C(Nc1cc(Br)ccc1F)c1ccccc1. The van der Waals surface area contributed by atoms with Crippen LogP contribution in [-0.2, 0) is 0 Å². The smallest absolute Gasteiger partial charge is 0.255 e. The zero-order chi connectivity index (χ0) is 12.3. The second kappa shape index (κ2) is 5.10. The van der Waals surface area contributed by atoms with Crippen molar-refractivity contribution in [2.24, 2.45) is 0 Å². The summed E-state index contributed by atoms with van der Waals surface area (Å²) < 4.78 is 14.1. The third kappa shape index (κ3) is 2.91. The number of carbonyl (C=O) groups is 1. The maximum atomic E-state index is 13.4. The fourth-order valence-corrected chi connectivity index (χ4v) is 1.74. The first-order chi connectivity index (χ1) is 8.16. The van der Waals surface area contributed by atoms with Gasteiger partial charge in [-0.2, -0.15) is 0 Å². The van der Waals surface area contributed by atoms with E-state index in [2.05, 4.69) is 21.2 Å². The van der Waals surface area contributed by atoms with Crippen molar-refractivity contribution in [3.05, 3.63) is 64.4 Å². The summed E-state index contributed by atoms with van der Waals surface area (Å²) in [5.41, 5.74) is 0.653. The minimum atomic E-state index is -0.461. The molecule has 2 rings (SSSR count). The molecule has 2 aromatic carbocycles. The van der Waals surface area contributed by atoms with Crippen molar-refractivity contribution in [2.75, 3.05) is 5.32 Å². The molecule has 0 atom stereocenters. The fourth-order valence-electron chi connectivity index (χ4n) is 1.38. The first-order valence-electron chi connectivity index (χ1n) is 4.98. The highest BCUT2D eigenvalue weighted by Crippen LogP contribution is 2.20. The zero-order valence-electron chi connectivity index (χ0n) is 8.78. The van der Waals surface area contributed by atoms with E-state index in [-0.39, 0.29) is 11.6 Å². The van der Waals surface area contributed by atoms with Gasteiger partial charge in [0.15, 0.2) is 0 Å². The Bertz CT molecular complexity index is 542. The molecule has 0 saturated heterocycles. The lowest BCUT2D eigenvalue weighted by Gasteiger charge is -2.06. The Morgan fingerprint density at radius 1 is 1.12 bits per heavy atom. The van der Waals surface area contributed by atoms with Crippen LogP contribution in [0.1, 0.15) is 10.4 Å². The van der Waals surface area contributed by atoms with Crippen LogP contribution in [0, 0.1) is 5.82 Å². The monoisotopic (exact) mass is 293 g/mol. The number of anilines is 1. The van der Waals surface area contributed by atoms with E-state index in [1.807, 2.05) is 6.07 Å². The molecule has 1 N–H and O–H groups in total. The predicted octanol–water partition coefficient (Wildman–Crippen LogP) is 3.84. The molecule has 0 heterocycles. The molecule has 1 amide bonds. The van der Waals surface area contributed by atoms with Crippen LogP contribution >= 0.6 is 15.9 Å². The minimum absolute atomic E-state index is 0.160. The molecular weight excluding hydrogens is 285 g/mol. The minimum Gasteiger partial charge on any atom is -0.319 e. The van der Waals surface area contributed by atoms with Crippen LogP contribution in [0.5, 0.6) is 0 Å². The largest absolute Gasteiger partial charge is 0.319 e. The van der Waals surface area contributed by atoms with Gasteiger partial charge in [-0.15, -0.1) is 0 Å². The van der Waals surface area contributed by atoms with E-state index in [1.165, 1.54) is 12.1 Å². The van der Waals surface area contributed by atoms with E-state index < -0.39 is 5.82 Å². The average Bonchev–Trinajstić information content (AvgIpc) is 2.35. The fraction of sp³-hybridized carbons (Fsp3) is 0. The van der Waals surface area contributed by atoms with Crippen LogP contribution in [0.4, 0.5) is 10.1 Å². The summed E-state index contributed by atoms with van der Waals surface area (Å²) >= 11 is 3.22. The maximum absolute atomic E-state index is 13.4. The van der Waals surface area contributed by atoms with Gasteiger partial charge in [0.25, 0.3) is 5.91 Å². The summed E-state index contributed by atoms with van der Waals surface area (Å²) in [6.07, 6.45) is 0. The Hall–Kier alpha value is -1.68. The quantitative estimate of drug-likeness (QED) is 0.895. The summed E-state index contributed by atoms with van der Waals surface area (Å²) in [5.74, 6) is -0.792. The van der Waals surface area contributed by atoms with Gasteiger partial charge in [-0.25, -0.2) is 4.39 Å². The van der Waals surface area contributed by atoms with Crippen LogP contribution in [0.25, 0.3) is 0 Å². The molecule has 0 radical (unpaired) electrons. The van der Waals surface area contributed by atoms with Crippen LogP contribution in [0.2, 0.25) is 0 Å². The second-order valence-electron chi connectivity index (χ2n) is 3.44. The molecule has 86 valence electrons. The van der Waals surface area contributed by atoms with Gasteiger partial charge < -0.3 is 5.32 Å². The molecule has 4 heteroatoms. The van der Waals surface area contributed by atoms with Crippen LogP contribution < -0.4 is 5.32 Å². The van der Waals surface area contributed by atoms with Crippen LogP contribution in [0.15, 0.2) is 53.0 Å². The van der Waals surface area contributed by atoms with Gasteiger partial charge >= 0.3 is 0 Å². The lowest BCUT2D eigenvalue weighted by Crippen LogP contribution is -2.12. The van der Waals surface area contributed by atoms with Gasteiger partial charge in [-0.1, -0.05) is 34.1 Å². The molecule has 0 unspecified atom stereocenters. The first-order valence-corrected chi connectivity index (χ1v) is 5.77. The predicted molar refractivity (Wildman–Crippen MR) is 68.5 cm³/mol. The third-order valence-corrected chi connectivity index (χ3v) is 2.71. The average molecular weight is 294 g/mol. The second-order valence-corrected chi connectivity index (χ2v) is 4.36. The number of hydrogen-bond donors (Lipinski definition) is 1. The van der Waals surface area contributed by atoms with Crippen molar-refractivity contribution in [3.8, 4) is 0 Å². The number of nitrogens with one attached hydrogen (secondary N) is 1. The Morgan fingerprint density at radius 3 is 2.53 bits per heavy atom. The number of rotatable bonds is 2. The van der Waals surface area contributed by atoms with Crippen molar-refractivity contribution in [3.63, 3.8) is 0 Å². The number of amides is 1. The summed E-state index contributed by atoms with van der Waals surface area (Å²) in [5, 5.41) is 2.52. The van der Waals surface area contributed by atoms with Gasteiger partial charge in [-0.05, 0) is 30.3 Å². The van der Waals surface area contributed by atoms with E-state index in [0.717, 1.165) is 0 Å². The van der Waals surface area contributed by atoms with Gasteiger partial charge in [-0.3, -0.25) is 4.79 Å². The maximum Gasteiger partial charge on any atom is 0.255 e. The van der Waals surface area contributed by atoms with Crippen molar-refractivity contribution in [1.29, 1.82) is 0 Å². The lowest BCUT2D eigenvalue weighted by atomic mass is 10.2. The van der Waals surface area contributed by atoms with E-state index in [4.69, 9.17) is 0 Å². The molecule has 0 saturated carbocycles. The Morgan fingerprint density at radius 2 is 1.82 bits per heavy atom. The summed E-state index contributed by atoms with van der Waals surface area (Å²) in [6, 6.07) is 13.1. The Labute approximate surface area is 107 Å². The van der Waals surface area contributed by atoms with E-state index in [1.54, 1.807) is 30.3 Å².